The molecule has 108 valence electrons. The van der Waals surface area contributed by atoms with Crippen molar-refractivity contribution < 1.29 is 14.7 Å². The maximum absolute atomic E-state index is 8.92. The summed E-state index contributed by atoms with van der Waals surface area (Å²) >= 11 is 0. The third-order valence-corrected chi connectivity index (χ3v) is 2.89. The molecule has 7 heteroatoms. The van der Waals surface area contributed by atoms with E-state index in [4.69, 9.17) is 14.7 Å². The smallest absolute Gasteiger partial charge is 0.178 e. The van der Waals surface area contributed by atoms with Crippen LogP contribution in [0.25, 0.3) is 0 Å². The lowest BCUT2D eigenvalue weighted by atomic mass is 10.1. The molecule has 7 nitrogen and oxygen atoms in total. The number of hydrogen-bond acceptors (Lipinski definition) is 5. The molecular formula is C12H22N4O3. The quantitative estimate of drug-likeness (QED) is 0.302. The van der Waals surface area contributed by atoms with Crippen molar-refractivity contribution in [3.8, 4) is 0 Å². The standard InChI is InChI=1S/C12H22N4O3/c1-5-8-9(7-11(18-3)19-4)14-15-12(8)13-10(6-2)16-17/h11,17H,5-7H2,1-4H3,(H2,13,14,15,16). The molecule has 19 heavy (non-hydrogen) atoms. The topological polar surface area (TPSA) is 91.8 Å². The van der Waals surface area contributed by atoms with Gasteiger partial charge in [0.05, 0.1) is 0 Å². The van der Waals surface area contributed by atoms with Crippen LogP contribution in [0.2, 0.25) is 0 Å². The lowest BCUT2D eigenvalue weighted by Crippen LogP contribution is -2.17. The highest BCUT2D eigenvalue weighted by Crippen LogP contribution is 2.22. The molecule has 1 heterocycles. The van der Waals surface area contributed by atoms with Gasteiger partial charge in [-0.3, -0.25) is 15.8 Å². The first-order valence-electron chi connectivity index (χ1n) is 6.29. The molecule has 0 spiro atoms. The lowest BCUT2D eigenvalue weighted by Gasteiger charge is -2.12. The molecule has 0 aliphatic rings. The molecule has 0 saturated carbocycles. The molecule has 0 radical (unpaired) electrons. The second-order valence-electron chi connectivity index (χ2n) is 3.99. The highest BCUT2D eigenvalue weighted by Gasteiger charge is 2.16. The highest BCUT2D eigenvalue weighted by molar-refractivity contribution is 5.83. The van der Waals surface area contributed by atoms with Crippen LogP contribution >= 0.6 is 0 Å². The maximum atomic E-state index is 8.92. The molecule has 1 aromatic rings. The molecule has 0 aromatic carbocycles. The first kappa shape index (κ1) is 15.6. The van der Waals surface area contributed by atoms with Crippen molar-refractivity contribution in [2.24, 2.45) is 4.99 Å². The van der Waals surface area contributed by atoms with Crippen LogP contribution < -0.4 is 5.48 Å². The third kappa shape index (κ3) is 4.02. The van der Waals surface area contributed by atoms with Crippen molar-refractivity contribution in [1.82, 2.24) is 15.7 Å². The predicted octanol–water partition coefficient (Wildman–Crippen LogP) is 1.55. The molecule has 0 aliphatic carbocycles. The number of aromatic amines is 1. The minimum absolute atomic E-state index is 0.316. The second-order valence-corrected chi connectivity index (χ2v) is 3.99. The largest absolute Gasteiger partial charge is 0.356 e. The van der Waals surface area contributed by atoms with Crippen LogP contribution in [0.15, 0.2) is 4.99 Å². The second kappa shape index (κ2) is 7.88. The van der Waals surface area contributed by atoms with Gasteiger partial charge in [-0.15, -0.1) is 0 Å². The Labute approximate surface area is 113 Å². The van der Waals surface area contributed by atoms with Crippen LogP contribution in [0, 0.1) is 0 Å². The molecular weight excluding hydrogens is 248 g/mol. The number of hydroxylamine groups is 1. The predicted molar refractivity (Wildman–Crippen MR) is 71.8 cm³/mol. The van der Waals surface area contributed by atoms with E-state index in [0.717, 1.165) is 17.7 Å². The zero-order valence-electron chi connectivity index (χ0n) is 11.9. The molecule has 0 aliphatic heterocycles. The van der Waals surface area contributed by atoms with Crippen molar-refractivity contribution in [3.05, 3.63) is 11.3 Å². The van der Waals surface area contributed by atoms with E-state index in [9.17, 15) is 0 Å². The van der Waals surface area contributed by atoms with Crippen LogP contribution in [0.5, 0.6) is 0 Å². The molecule has 0 atom stereocenters. The van der Waals surface area contributed by atoms with Crippen molar-refractivity contribution in [2.45, 2.75) is 39.4 Å². The van der Waals surface area contributed by atoms with Crippen molar-refractivity contribution in [3.63, 3.8) is 0 Å². The summed E-state index contributed by atoms with van der Waals surface area (Å²) in [6.45, 7) is 3.92. The van der Waals surface area contributed by atoms with Gasteiger partial charge in [-0.25, -0.2) is 4.99 Å². The number of amidine groups is 1. The summed E-state index contributed by atoms with van der Waals surface area (Å²) in [5.41, 5.74) is 4.00. The summed E-state index contributed by atoms with van der Waals surface area (Å²) in [7, 11) is 3.19. The van der Waals surface area contributed by atoms with Gasteiger partial charge in [0.1, 0.15) is 5.84 Å². The molecule has 1 aromatic heterocycles. The van der Waals surface area contributed by atoms with Crippen molar-refractivity contribution in [2.75, 3.05) is 14.2 Å². The van der Waals surface area contributed by atoms with E-state index in [1.165, 1.54) is 0 Å². The molecule has 0 fully saturated rings. The van der Waals surface area contributed by atoms with E-state index >= 15 is 0 Å². The fourth-order valence-corrected chi connectivity index (χ4v) is 1.76. The summed E-state index contributed by atoms with van der Waals surface area (Å²) in [5.74, 6) is 1.06. The number of hydrogen-bond donors (Lipinski definition) is 3. The number of H-pyrrole nitrogens is 1. The molecule has 0 bridgehead atoms. The van der Waals surface area contributed by atoms with E-state index < -0.39 is 0 Å². The number of aliphatic imine (C=N–C) groups is 1. The molecule has 3 N–H and O–H groups in total. The monoisotopic (exact) mass is 270 g/mol. The Bertz CT molecular complexity index is 407. The van der Waals surface area contributed by atoms with E-state index in [1.807, 2.05) is 13.8 Å². The minimum Gasteiger partial charge on any atom is -0.356 e. The van der Waals surface area contributed by atoms with Gasteiger partial charge in [-0.05, 0) is 6.42 Å². The molecule has 0 unspecified atom stereocenters. The minimum atomic E-state index is -0.316. The zero-order chi connectivity index (χ0) is 14.3. The van der Waals surface area contributed by atoms with Crippen molar-refractivity contribution >= 4 is 11.7 Å². The van der Waals surface area contributed by atoms with Gasteiger partial charge in [-0.2, -0.15) is 5.10 Å². The summed E-state index contributed by atoms with van der Waals surface area (Å²) in [5, 5.41) is 16.0. The summed E-state index contributed by atoms with van der Waals surface area (Å²) in [6, 6.07) is 0. The number of ether oxygens (including phenoxy) is 2. The van der Waals surface area contributed by atoms with Gasteiger partial charge in [0.25, 0.3) is 0 Å². The van der Waals surface area contributed by atoms with Gasteiger partial charge >= 0.3 is 0 Å². The normalized spacial score (nSPS) is 12.2. The van der Waals surface area contributed by atoms with Gasteiger partial charge in [0, 0.05) is 38.3 Å². The first-order valence-corrected chi connectivity index (χ1v) is 6.29. The Morgan fingerprint density at radius 1 is 1.42 bits per heavy atom. The van der Waals surface area contributed by atoms with Crippen molar-refractivity contribution in [1.29, 1.82) is 0 Å². The van der Waals surface area contributed by atoms with Gasteiger partial charge in [0.2, 0.25) is 0 Å². The van der Waals surface area contributed by atoms with Crippen LogP contribution in [-0.2, 0) is 22.3 Å². The Morgan fingerprint density at radius 3 is 2.58 bits per heavy atom. The molecule has 1 rings (SSSR count). The maximum Gasteiger partial charge on any atom is 0.178 e. The number of rotatable bonds is 7. The van der Waals surface area contributed by atoms with Gasteiger partial charge < -0.3 is 9.47 Å². The number of methoxy groups -OCH3 is 2. The summed E-state index contributed by atoms with van der Waals surface area (Å²) in [4.78, 5) is 4.28. The van der Waals surface area contributed by atoms with E-state index in [2.05, 4.69) is 20.7 Å². The van der Waals surface area contributed by atoms with Gasteiger partial charge in [-0.1, -0.05) is 13.8 Å². The number of aromatic nitrogens is 2. The third-order valence-electron chi connectivity index (χ3n) is 2.89. The van der Waals surface area contributed by atoms with Gasteiger partial charge in [0.15, 0.2) is 12.1 Å². The lowest BCUT2D eigenvalue weighted by molar-refractivity contribution is -0.101. The van der Waals surface area contributed by atoms with Crippen LogP contribution in [0.1, 0.15) is 31.5 Å². The summed E-state index contributed by atoms with van der Waals surface area (Å²) < 4.78 is 10.4. The highest BCUT2D eigenvalue weighted by atomic mass is 16.7. The number of nitrogens with zero attached hydrogens (tertiary/aromatic N) is 2. The van der Waals surface area contributed by atoms with E-state index in [0.29, 0.717) is 24.5 Å². The average Bonchev–Trinajstić information content (AvgIpc) is 2.83. The molecule has 0 saturated heterocycles. The Kier molecular flexibility index (Phi) is 6.48. The fourth-order valence-electron chi connectivity index (χ4n) is 1.76. The zero-order valence-corrected chi connectivity index (χ0v) is 11.9. The van der Waals surface area contributed by atoms with Crippen LogP contribution in [0.3, 0.4) is 0 Å². The Hall–Kier alpha value is -1.44. The van der Waals surface area contributed by atoms with E-state index in [1.54, 1.807) is 14.2 Å². The Balaban J connectivity index is 2.97. The van der Waals surface area contributed by atoms with Crippen LogP contribution in [-0.4, -0.2) is 41.7 Å². The average molecular weight is 270 g/mol. The van der Waals surface area contributed by atoms with Crippen LogP contribution in [0.4, 0.5) is 5.82 Å². The Morgan fingerprint density at radius 2 is 2.11 bits per heavy atom. The number of nitrogens with one attached hydrogen (secondary N) is 2. The van der Waals surface area contributed by atoms with E-state index in [-0.39, 0.29) is 6.29 Å². The molecule has 0 amide bonds. The first-order chi connectivity index (χ1) is 9.19. The summed E-state index contributed by atoms with van der Waals surface area (Å²) in [6.07, 6.45) is 1.64. The fraction of sp³-hybridized carbons (Fsp3) is 0.667. The SMILES string of the molecule is CCC(=Nc1n[nH]c(CC(OC)OC)c1CC)NO.